The third-order valence-electron chi connectivity index (χ3n) is 8.07. The van der Waals surface area contributed by atoms with Gasteiger partial charge < -0.3 is 29.6 Å². The van der Waals surface area contributed by atoms with Crippen molar-refractivity contribution < 1.29 is 48.0 Å². The molecule has 0 amide bonds. The Labute approximate surface area is 303 Å². The molecule has 0 aliphatic carbocycles. The van der Waals surface area contributed by atoms with Gasteiger partial charge >= 0.3 is 23.9 Å². The van der Waals surface area contributed by atoms with Gasteiger partial charge in [-0.15, -0.1) is 0 Å². The van der Waals surface area contributed by atoms with Gasteiger partial charge in [0, 0.05) is 40.9 Å². The first-order chi connectivity index (χ1) is 25.0. The summed E-state index contributed by atoms with van der Waals surface area (Å²) >= 11 is 0. The second-order valence-electron chi connectivity index (χ2n) is 11.7. The molecule has 0 saturated heterocycles. The van der Waals surface area contributed by atoms with Gasteiger partial charge in [-0.05, 0) is 40.2 Å². The highest BCUT2D eigenvalue weighted by Gasteiger charge is 2.41. The van der Waals surface area contributed by atoms with Gasteiger partial charge in [-0.2, -0.15) is 5.26 Å². The molecule has 53 heavy (non-hydrogen) atoms. The molecule has 0 fully saturated rings. The molecular formula is C36H37N5O12. The average molecular weight is 732 g/mol. The molecule has 2 heterocycles. The number of hydrogen-bond acceptors (Lipinski definition) is 15. The molecule has 0 radical (unpaired) electrons. The molecule has 4 rings (SSSR count). The van der Waals surface area contributed by atoms with Gasteiger partial charge in [0.1, 0.15) is 11.8 Å². The first kappa shape index (κ1) is 40.6. The number of allylic oxidation sites excluding steroid dienone is 4. The number of rotatable bonds is 9. The molecule has 17 nitrogen and oxygen atoms in total. The molecule has 0 saturated carbocycles. The van der Waals surface area contributed by atoms with Gasteiger partial charge in [0.25, 0.3) is 11.4 Å². The van der Waals surface area contributed by atoms with Crippen LogP contribution >= 0.6 is 0 Å². The predicted octanol–water partition coefficient (Wildman–Crippen LogP) is 4.63. The molecule has 1 unspecified atom stereocenters. The van der Waals surface area contributed by atoms with E-state index in [1.165, 1.54) is 56.7 Å². The Balaban J connectivity index is 0.000000287. The van der Waals surface area contributed by atoms with E-state index < -0.39 is 51.7 Å². The number of carbonyl (C=O) groups excluding carboxylic acids is 4. The summed E-state index contributed by atoms with van der Waals surface area (Å²) in [6.45, 7) is 8.19. The molecule has 2 aliphatic rings. The Morgan fingerprint density at radius 1 is 0.717 bits per heavy atom. The van der Waals surface area contributed by atoms with Gasteiger partial charge in [-0.3, -0.25) is 20.2 Å². The number of nitrogens with zero attached hydrogens (tertiary/aromatic N) is 3. The first-order valence-electron chi connectivity index (χ1n) is 15.8. The van der Waals surface area contributed by atoms with Crippen molar-refractivity contribution in [3.63, 3.8) is 0 Å². The minimum absolute atomic E-state index is 0.0774. The summed E-state index contributed by atoms with van der Waals surface area (Å²) in [7, 11) is 3.57. The van der Waals surface area contributed by atoms with Gasteiger partial charge in [-0.25, -0.2) is 19.2 Å². The second kappa shape index (κ2) is 17.4. The lowest BCUT2D eigenvalue weighted by Gasteiger charge is -2.29. The van der Waals surface area contributed by atoms with Crippen LogP contribution < -0.4 is 10.6 Å². The lowest BCUT2D eigenvalue weighted by Crippen LogP contribution is -2.33. The van der Waals surface area contributed by atoms with Crippen molar-refractivity contribution in [2.45, 2.75) is 52.6 Å². The molecule has 0 bridgehead atoms. The number of para-hydroxylation sites is 1. The highest BCUT2D eigenvalue weighted by Crippen LogP contribution is 2.43. The van der Waals surface area contributed by atoms with Gasteiger partial charge in [0.2, 0.25) is 0 Å². The van der Waals surface area contributed by atoms with Crippen molar-refractivity contribution in [3.8, 4) is 6.07 Å². The maximum Gasteiger partial charge on any atom is 0.337 e. The maximum atomic E-state index is 12.8. The van der Waals surface area contributed by atoms with E-state index in [1.807, 2.05) is 6.07 Å². The van der Waals surface area contributed by atoms with Gasteiger partial charge in [0.05, 0.1) is 71.4 Å². The molecule has 2 aromatic carbocycles. The second-order valence-corrected chi connectivity index (χ2v) is 11.7. The summed E-state index contributed by atoms with van der Waals surface area (Å²) < 4.78 is 19.7. The Hall–Kier alpha value is -6.83. The van der Waals surface area contributed by atoms with Crippen LogP contribution in [0.1, 0.15) is 57.6 Å². The average Bonchev–Trinajstić information content (AvgIpc) is 3.12. The summed E-state index contributed by atoms with van der Waals surface area (Å²) in [5, 5.41) is 37.8. The lowest BCUT2D eigenvalue weighted by atomic mass is 9.79. The fraction of sp³-hybridized carbons (Fsp3) is 0.306. The largest absolute Gasteiger partial charge is 0.466 e. The van der Waals surface area contributed by atoms with Crippen LogP contribution in [0.5, 0.6) is 0 Å². The minimum atomic E-state index is -1.06. The first-order valence-corrected chi connectivity index (χ1v) is 15.8. The zero-order valence-electron chi connectivity index (χ0n) is 30.1. The molecule has 2 N–H and O–H groups in total. The Bertz CT molecular complexity index is 2000. The van der Waals surface area contributed by atoms with Crippen molar-refractivity contribution in [2.24, 2.45) is 0 Å². The molecule has 1 atom stereocenters. The van der Waals surface area contributed by atoms with Gasteiger partial charge in [0.15, 0.2) is 0 Å². The van der Waals surface area contributed by atoms with E-state index in [9.17, 15) is 44.7 Å². The standard InChI is InChI=1S/C19H19N3O6.C17H18N2O6/c1-10(2)28-19(24)15-11(3)21-14(9-20)17(18(23)27-4)16(15)12-6-5-7-13(8-12)22(25)26;1-9-13(16(20)24-3)15(14(10(2)18-9)17(21)25-4)11-7-5-6-8-12(11)19(22)23/h5-8,10,16,21H,1-4H3;5-8,15,18H,1-4H3. The smallest absolute Gasteiger partial charge is 0.337 e. The highest BCUT2D eigenvalue weighted by molar-refractivity contribution is 6.01. The van der Waals surface area contributed by atoms with E-state index in [-0.39, 0.29) is 44.9 Å². The topological polar surface area (TPSA) is 239 Å². The SMILES string of the molecule is COC(=O)C1=C(C#N)NC(C)=C(C(=O)OC(C)C)C1c1cccc([N+](=O)[O-])c1.COC(=O)C1=C(C)NC(C)=C(C(=O)OC)C1c1ccccc1[N+](=O)[O-]. The summed E-state index contributed by atoms with van der Waals surface area (Å²) in [6.07, 6.45) is -0.429. The predicted molar refractivity (Wildman–Crippen MR) is 186 cm³/mol. The summed E-state index contributed by atoms with van der Waals surface area (Å²) in [6, 6.07) is 13.4. The van der Waals surface area contributed by atoms with E-state index in [0.717, 1.165) is 7.11 Å². The van der Waals surface area contributed by atoms with Crippen LogP contribution in [0.15, 0.2) is 93.6 Å². The van der Waals surface area contributed by atoms with Crippen molar-refractivity contribution in [2.75, 3.05) is 21.3 Å². The molecule has 17 heteroatoms. The summed E-state index contributed by atoms with van der Waals surface area (Å²) in [5.41, 5.74) is 1.44. The quantitative estimate of drug-likeness (QED) is 0.155. The molecular weight excluding hydrogens is 694 g/mol. The third kappa shape index (κ3) is 8.73. The highest BCUT2D eigenvalue weighted by atomic mass is 16.6. The molecule has 278 valence electrons. The van der Waals surface area contributed by atoms with Crippen molar-refractivity contribution >= 4 is 35.3 Å². The van der Waals surface area contributed by atoms with Crippen LogP contribution in [-0.4, -0.2) is 61.2 Å². The fourth-order valence-electron chi connectivity index (χ4n) is 5.91. The number of nitro groups is 2. The molecule has 2 aliphatic heterocycles. The van der Waals surface area contributed by atoms with Crippen LogP contribution in [0.3, 0.4) is 0 Å². The number of hydrogen-bond donors (Lipinski definition) is 2. The van der Waals surface area contributed by atoms with Crippen LogP contribution in [0.4, 0.5) is 11.4 Å². The van der Waals surface area contributed by atoms with E-state index in [4.69, 9.17) is 18.9 Å². The van der Waals surface area contributed by atoms with Crippen LogP contribution in [-0.2, 0) is 38.1 Å². The van der Waals surface area contributed by atoms with Crippen molar-refractivity contribution in [3.05, 3.63) is 125 Å². The Morgan fingerprint density at radius 2 is 1.23 bits per heavy atom. The Kier molecular flexibility index (Phi) is 13.3. The number of benzene rings is 2. The van der Waals surface area contributed by atoms with E-state index >= 15 is 0 Å². The zero-order valence-corrected chi connectivity index (χ0v) is 30.1. The fourth-order valence-corrected chi connectivity index (χ4v) is 5.91. The van der Waals surface area contributed by atoms with Crippen LogP contribution in [0, 0.1) is 31.6 Å². The number of dihydropyridines is 2. The number of esters is 4. The number of nitrogens with one attached hydrogen (secondary N) is 2. The normalized spacial score (nSPS) is 15.7. The lowest BCUT2D eigenvalue weighted by molar-refractivity contribution is -0.385. The number of methoxy groups -OCH3 is 3. The zero-order chi connectivity index (χ0) is 39.7. The number of nitriles is 1. The third-order valence-corrected chi connectivity index (χ3v) is 8.07. The van der Waals surface area contributed by atoms with E-state index in [1.54, 1.807) is 40.7 Å². The number of ether oxygens (including phenoxy) is 4. The van der Waals surface area contributed by atoms with Crippen LogP contribution in [0.25, 0.3) is 0 Å². The number of non-ortho nitro benzene ring substituents is 1. The van der Waals surface area contributed by atoms with E-state index in [0.29, 0.717) is 22.7 Å². The van der Waals surface area contributed by atoms with Crippen LogP contribution in [0.2, 0.25) is 0 Å². The maximum absolute atomic E-state index is 12.8. The minimum Gasteiger partial charge on any atom is -0.466 e. The van der Waals surface area contributed by atoms with Crippen molar-refractivity contribution in [1.29, 1.82) is 5.26 Å². The number of nitro benzene ring substituents is 2. The van der Waals surface area contributed by atoms with Gasteiger partial charge in [-0.1, -0.05) is 30.3 Å². The molecule has 0 aromatic heterocycles. The van der Waals surface area contributed by atoms with E-state index in [2.05, 4.69) is 10.6 Å². The molecule has 0 spiro atoms. The summed E-state index contributed by atoms with van der Waals surface area (Å²) in [4.78, 5) is 71.4. The Morgan fingerprint density at radius 3 is 1.72 bits per heavy atom. The summed E-state index contributed by atoms with van der Waals surface area (Å²) in [5.74, 6) is -4.92. The number of carbonyl (C=O) groups is 4. The monoisotopic (exact) mass is 731 g/mol. The van der Waals surface area contributed by atoms with Crippen molar-refractivity contribution in [1.82, 2.24) is 10.6 Å². The molecule has 2 aromatic rings.